The molecule has 2 aliphatic rings. The van der Waals surface area contributed by atoms with Gasteiger partial charge in [-0.15, -0.1) is 18.3 Å². The third kappa shape index (κ3) is 4.29. The fraction of sp³-hybridized carbons (Fsp3) is 0.500. The lowest BCUT2D eigenvalue weighted by molar-refractivity contribution is -0.121. The lowest BCUT2D eigenvalue weighted by atomic mass is 9.96. The summed E-state index contributed by atoms with van der Waals surface area (Å²) in [4.78, 5) is 13.0. The van der Waals surface area contributed by atoms with E-state index in [9.17, 15) is 4.79 Å². The van der Waals surface area contributed by atoms with Gasteiger partial charge in [0.25, 0.3) is 0 Å². The molecular weight excluding hydrogens is 294 g/mol. The van der Waals surface area contributed by atoms with Crippen LogP contribution in [-0.2, 0) is 11.2 Å². The lowest BCUT2D eigenvalue weighted by Crippen LogP contribution is -2.34. The molecule has 1 N–H and O–H groups in total. The Labute approximate surface area is 136 Å². The third-order valence-electron chi connectivity index (χ3n) is 4.14. The van der Waals surface area contributed by atoms with E-state index in [-0.39, 0.29) is 5.91 Å². The molecule has 4 heteroatoms. The van der Waals surface area contributed by atoms with Crippen LogP contribution in [0.4, 0.5) is 0 Å². The van der Waals surface area contributed by atoms with Gasteiger partial charge in [-0.2, -0.15) is 0 Å². The molecule has 3 rings (SSSR count). The second-order valence-corrected chi connectivity index (χ2v) is 7.30. The second kappa shape index (κ2) is 7.23. The van der Waals surface area contributed by atoms with Crippen LogP contribution in [0.15, 0.2) is 35.7 Å². The minimum absolute atomic E-state index is 0.198. The molecule has 1 fully saturated rings. The van der Waals surface area contributed by atoms with E-state index < -0.39 is 0 Å². The van der Waals surface area contributed by atoms with Crippen molar-refractivity contribution in [2.45, 2.75) is 30.6 Å². The molecule has 0 saturated heterocycles. The lowest BCUT2D eigenvalue weighted by Gasteiger charge is -2.26. The highest BCUT2D eigenvalue weighted by atomic mass is 32.2. The highest BCUT2D eigenvalue weighted by Crippen LogP contribution is 2.33. The zero-order valence-corrected chi connectivity index (χ0v) is 13.7. The van der Waals surface area contributed by atoms with Crippen molar-refractivity contribution < 1.29 is 9.53 Å². The largest absolute Gasteiger partial charge is 0.493 e. The van der Waals surface area contributed by atoms with Crippen LogP contribution < -0.4 is 10.1 Å². The van der Waals surface area contributed by atoms with Crippen molar-refractivity contribution in [3.63, 3.8) is 0 Å². The molecule has 3 nitrogen and oxygen atoms in total. The van der Waals surface area contributed by atoms with Gasteiger partial charge in [-0.1, -0.05) is 6.08 Å². The molecule has 1 aromatic carbocycles. The molecule has 1 heterocycles. The van der Waals surface area contributed by atoms with Crippen molar-refractivity contribution in [1.82, 2.24) is 5.32 Å². The van der Waals surface area contributed by atoms with Crippen molar-refractivity contribution in [2.75, 3.05) is 18.9 Å². The molecule has 1 amide bonds. The number of hydrogen-bond donors (Lipinski definition) is 1. The number of thioether (sulfide) groups is 1. The van der Waals surface area contributed by atoms with Gasteiger partial charge in [-0.3, -0.25) is 4.79 Å². The van der Waals surface area contributed by atoms with E-state index in [1.165, 1.54) is 23.3 Å². The molecular formula is C18H23NO2S. The second-order valence-electron chi connectivity index (χ2n) is 6.20. The zero-order chi connectivity index (χ0) is 15.4. The van der Waals surface area contributed by atoms with E-state index in [2.05, 4.69) is 30.1 Å². The quantitative estimate of drug-likeness (QED) is 0.618. The Hall–Kier alpha value is -1.42. The van der Waals surface area contributed by atoms with E-state index in [1.807, 2.05) is 6.08 Å². The van der Waals surface area contributed by atoms with Gasteiger partial charge in [0.15, 0.2) is 0 Å². The van der Waals surface area contributed by atoms with Crippen LogP contribution in [0.5, 0.6) is 5.75 Å². The average molecular weight is 317 g/mol. The molecule has 1 saturated carbocycles. The Morgan fingerprint density at radius 1 is 1.41 bits per heavy atom. The van der Waals surface area contributed by atoms with Crippen molar-refractivity contribution >= 4 is 17.7 Å². The maximum absolute atomic E-state index is 11.8. The minimum atomic E-state index is 0.198. The predicted molar refractivity (Wildman–Crippen MR) is 90.4 cm³/mol. The van der Waals surface area contributed by atoms with Crippen molar-refractivity contribution in [2.24, 2.45) is 11.8 Å². The first-order chi connectivity index (χ1) is 10.7. The summed E-state index contributed by atoms with van der Waals surface area (Å²) in [7, 11) is 0. The maximum Gasteiger partial charge on any atom is 0.220 e. The first-order valence-electron chi connectivity index (χ1n) is 8.00. The minimum Gasteiger partial charge on any atom is -0.493 e. The van der Waals surface area contributed by atoms with Crippen LogP contribution in [0.1, 0.15) is 24.8 Å². The van der Waals surface area contributed by atoms with E-state index in [0.717, 1.165) is 24.5 Å². The number of ether oxygens (including phenoxy) is 1. The number of amides is 1. The zero-order valence-electron chi connectivity index (χ0n) is 12.8. The van der Waals surface area contributed by atoms with Gasteiger partial charge in [0.2, 0.25) is 5.91 Å². The molecule has 118 valence electrons. The molecule has 0 radical (unpaired) electrons. The molecule has 1 atom stereocenters. The van der Waals surface area contributed by atoms with Crippen molar-refractivity contribution in [3.05, 3.63) is 36.4 Å². The molecule has 1 aliphatic carbocycles. The summed E-state index contributed by atoms with van der Waals surface area (Å²) in [6.07, 6.45) is 6.03. The Morgan fingerprint density at radius 3 is 3.05 bits per heavy atom. The molecule has 0 spiro atoms. The monoisotopic (exact) mass is 317 g/mol. The Kier molecular flexibility index (Phi) is 5.08. The highest BCUT2D eigenvalue weighted by Gasteiger charge is 2.25. The smallest absolute Gasteiger partial charge is 0.220 e. The average Bonchev–Trinajstić information content (AvgIpc) is 3.34. The molecule has 0 bridgehead atoms. The Morgan fingerprint density at radius 2 is 2.27 bits per heavy atom. The van der Waals surface area contributed by atoms with Gasteiger partial charge in [-0.25, -0.2) is 0 Å². The SMILES string of the molecule is C=CCSc1ccc2c(c1)CC(CNC(=O)CC1CC1)CO2. The van der Waals surface area contributed by atoms with Gasteiger partial charge >= 0.3 is 0 Å². The number of carbonyl (C=O) groups is 1. The summed E-state index contributed by atoms with van der Waals surface area (Å²) in [6, 6.07) is 6.37. The topological polar surface area (TPSA) is 38.3 Å². The third-order valence-corrected chi connectivity index (χ3v) is 5.13. The number of rotatable bonds is 7. The maximum atomic E-state index is 11.8. The van der Waals surface area contributed by atoms with Crippen molar-refractivity contribution in [1.29, 1.82) is 0 Å². The predicted octanol–water partition coefficient (Wildman–Crippen LogP) is 3.43. The fourth-order valence-electron chi connectivity index (χ4n) is 2.72. The molecule has 1 aromatic rings. The van der Waals surface area contributed by atoms with E-state index in [0.29, 0.717) is 24.9 Å². The van der Waals surface area contributed by atoms with E-state index in [1.54, 1.807) is 11.8 Å². The van der Waals surface area contributed by atoms with Gasteiger partial charge < -0.3 is 10.1 Å². The van der Waals surface area contributed by atoms with Gasteiger partial charge in [0.1, 0.15) is 5.75 Å². The normalized spacial score (nSPS) is 19.9. The highest BCUT2D eigenvalue weighted by molar-refractivity contribution is 7.99. The fourth-order valence-corrected chi connectivity index (χ4v) is 3.42. The molecule has 1 aliphatic heterocycles. The molecule has 1 unspecified atom stereocenters. The van der Waals surface area contributed by atoms with Crippen LogP contribution in [0.3, 0.4) is 0 Å². The first kappa shape index (κ1) is 15.5. The van der Waals surface area contributed by atoms with Crippen LogP contribution in [-0.4, -0.2) is 24.8 Å². The van der Waals surface area contributed by atoms with E-state index >= 15 is 0 Å². The number of hydrogen-bond acceptors (Lipinski definition) is 3. The molecule has 22 heavy (non-hydrogen) atoms. The van der Waals surface area contributed by atoms with Crippen molar-refractivity contribution in [3.8, 4) is 5.75 Å². The number of carbonyl (C=O) groups excluding carboxylic acids is 1. The molecule has 0 aromatic heterocycles. The summed E-state index contributed by atoms with van der Waals surface area (Å²) in [6.45, 7) is 5.16. The summed E-state index contributed by atoms with van der Waals surface area (Å²) >= 11 is 1.78. The van der Waals surface area contributed by atoms with E-state index in [4.69, 9.17) is 4.74 Å². The first-order valence-corrected chi connectivity index (χ1v) is 8.99. The van der Waals surface area contributed by atoms with Crippen LogP contribution >= 0.6 is 11.8 Å². The van der Waals surface area contributed by atoms with Gasteiger partial charge in [-0.05, 0) is 48.9 Å². The summed E-state index contributed by atoms with van der Waals surface area (Å²) in [5, 5.41) is 3.07. The van der Waals surface area contributed by atoms with Gasteiger partial charge in [0, 0.05) is 29.5 Å². The van der Waals surface area contributed by atoms with Crippen LogP contribution in [0.25, 0.3) is 0 Å². The summed E-state index contributed by atoms with van der Waals surface area (Å²) in [5.41, 5.74) is 1.25. The summed E-state index contributed by atoms with van der Waals surface area (Å²) in [5.74, 6) is 3.12. The summed E-state index contributed by atoms with van der Waals surface area (Å²) < 4.78 is 5.84. The van der Waals surface area contributed by atoms with Crippen LogP contribution in [0.2, 0.25) is 0 Å². The van der Waals surface area contributed by atoms with Crippen LogP contribution in [0, 0.1) is 11.8 Å². The number of benzene rings is 1. The Balaban J connectivity index is 1.52. The number of fused-ring (bicyclic) bond motifs is 1. The Bertz CT molecular complexity index is 554. The number of nitrogens with one attached hydrogen (secondary N) is 1. The standard InChI is InChI=1S/C18H23NO2S/c1-2-7-22-16-5-6-17-15(10-16)8-14(12-21-17)11-19-18(20)9-13-3-4-13/h2,5-6,10,13-14H,1,3-4,7-9,11-12H2,(H,19,20). The van der Waals surface area contributed by atoms with Gasteiger partial charge in [0.05, 0.1) is 6.61 Å².